The Labute approximate surface area is 182 Å². The van der Waals surface area contributed by atoms with E-state index in [4.69, 9.17) is 0 Å². The van der Waals surface area contributed by atoms with Gasteiger partial charge in [0.2, 0.25) is 10.0 Å². The van der Waals surface area contributed by atoms with Crippen LogP contribution in [0.25, 0.3) is 0 Å². The van der Waals surface area contributed by atoms with E-state index in [0.717, 1.165) is 11.1 Å². The van der Waals surface area contributed by atoms with E-state index in [1.165, 1.54) is 10.6 Å². The van der Waals surface area contributed by atoms with E-state index >= 15 is 0 Å². The average molecular weight is 440 g/mol. The van der Waals surface area contributed by atoms with Crippen LogP contribution in [0.1, 0.15) is 53.1 Å². The van der Waals surface area contributed by atoms with Crippen LogP contribution in [0.2, 0.25) is 0 Å². The van der Waals surface area contributed by atoms with Crippen LogP contribution in [0.5, 0.6) is 0 Å². The van der Waals surface area contributed by atoms with Crippen molar-refractivity contribution in [1.29, 1.82) is 0 Å². The van der Waals surface area contributed by atoms with Crippen molar-refractivity contribution in [2.24, 2.45) is 0 Å². The minimum atomic E-state index is -3.48. The highest BCUT2D eigenvalue weighted by molar-refractivity contribution is 7.92. The average Bonchev–Trinajstić information content (AvgIpc) is 3.33. The molecule has 4 rings (SSSR count). The van der Waals surface area contributed by atoms with Gasteiger partial charge in [-0.15, -0.1) is 0 Å². The van der Waals surface area contributed by atoms with Gasteiger partial charge in [0.05, 0.1) is 17.9 Å². The van der Waals surface area contributed by atoms with E-state index in [2.05, 4.69) is 15.4 Å². The monoisotopic (exact) mass is 439 g/mol. The predicted octanol–water partition coefficient (Wildman–Crippen LogP) is 3.33. The van der Waals surface area contributed by atoms with Crippen molar-refractivity contribution in [2.75, 3.05) is 22.4 Å². The fraction of sp³-hybridized carbons (Fsp3) is 0.318. The Kier molecular flexibility index (Phi) is 5.30. The second-order valence-corrected chi connectivity index (χ2v) is 10.0. The Bertz CT molecular complexity index is 1230. The highest BCUT2D eigenvalue weighted by atomic mass is 32.2. The summed E-state index contributed by atoms with van der Waals surface area (Å²) in [6.45, 7) is 6.18. The van der Waals surface area contributed by atoms with Crippen molar-refractivity contribution >= 4 is 27.3 Å². The number of nitrogens with zero attached hydrogens (tertiary/aromatic N) is 4. The number of hydrogen-bond acceptors (Lipinski definition) is 5. The first kappa shape index (κ1) is 21.0. The molecule has 1 aliphatic heterocycles. The van der Waals surface area contributed by atoms with Gasteiger partial charge in [-0.3, -0.25) is 13.8 Å². The SMILES string of the molecule is Cc1ccc(NC(=O)c2ccc3c(c2)[C@@H](c2ncn(C(C)C)n2)CN3S(C)(=O)=O)cc1. The zero-order valence-electron chi connectivity index (χ0n) is 17.9. The van der Waals surface area contributed by atoms with Gasteiger partial charge in [-0.05, 0) is 56.7 Å². The molecule has 0 fully saturated rings. The normalized spacial score (nSPS) is 15.9. The van der Waals surface area contributed by atoms with Crippen LogP contribution in [0.4, 0.5) is 11.4 Å². The van der Waals surface area contributed by atoms with Gasteiger partial charge in [-0.1, -0.05) is 17.7 Å². The maximum absolute atomic E-state index is 12.8. The van der Waals surface area contributed by atoms with Crippen molar-refractivity contribution in [1.82, 2.24) is 14.8 Å². The standard InChI is InChI=1S/C22H25N5O3S/c1-14(2)26-13-23-21(25-26)19-12-27(31(4,29)30)20-10-7-16(11-18(19)20)22(28)24-17-8-5-15(3)6-9-17/h5-11,13-14,19H,12H2,1-4H3,(H,24,28)/t19-/m0/s1. The number of hydrogen-bond donors (Lipinski definition) is 1. The molecule has 1 aromatic heterocycles. The van der Waals surface area contributed by atoms with Crippen molar-refractivity contribution in [3.63, 3.8) is 0 Å². The smallest absolute Gasteiger partial charge is 0.255 e. The predicted molar refractivity (Wildman–Crippen MR) is 120 cm³/mol. The zero-order chi connectivity index (χ0) is 22.3. The lowest BCUT2D eigenvalue weighted by molar-refractivity contribution is 0.102. The maximum Gasteiger partial charge on any atom is 0.255 e. The molecule has 9 heteroatoms. The molecule has 2 heterocycles. The highest BCUT2D eigenvalue weighted by Gasteiger charge is 2.37. The topological polar surface area (TPSA) is 97.2 Å². The van der Waals surface area contributed by atoms with Gasteiger partial charge >= 0.3 is 0 Å². The molecule has 31 heavy (non-hydrogen) atoms. The Morgan fingerprint density at radius 3 is 2.48 bits per heavy atom. The molecule has 2 aromatic carbocycles. The van der Waals surface area contributed by atoms with Gasteiger partial charge in [-0.2, -0.15) is 5.10 Å². The molecule has 0 saturated heterocycles. The Hall–Kier alpha value is -3.20. The second-order valence-electron chi connectivity index (χ2n) is 8.12. The molecule has 1 aliphatic rings. The minimum absolute atomic E-state index is 0.139. The molecular formula is C22H25N5O3S. The van der Waals surface area contributed by atoms with Crippen LogP contribution in [0.15, 0.2) is 48.8 Å². The summed E-state index contributed by atoms with van der Waals surface area (Å²) >= 11 is 0. The molecule has 0 unspecified atom stereocenters. The van der Waals surface area contributed by atoms with E-state index in [1.807, 2.05) is 45.0 Å². The summed E-state index contributed by atoms with van der Waals surface area (Å²) in [7, 11) is -3.48. The molecule has 0 saturated carbocycles. The summed E-state index contributed by atoms with van der Waals surface area (Å²) in [5, 5.41) is 7.43. The van der Waals surface area contributed by atoms with Crippen LogP contribution in [0.3, 0.4) is 0 Å². The van der Waals surface area contributed by atoms with E-state index in [9.17, 15) is 13.2 Å². The van der Waals surface area contributed by atoms with Crippen LogP contribution >= 0.6 is 0 Å². The quantitative estimate of drug-likeness (QED) is 0.658. The third-order valence-electron chi connectivity index (χ3n) is 5.36. The molecule has 0 radical (unpaired) electrons. The van der Waals surface area contributed by atoms with E-state index in [-0.39, 0.29) is 24.4 Å². The maximum atomic E-state index is 12.8. The number of aromatic nitrogens is 3. The lowest BCUT2D eigenvalue weighted by Gasteiger charge is -2.16. The van der Waals surface area contributed by atoms with Crippen LogP contribution in [-0.4, -0.2) is 41.9 Å². The van der Waals surface area contributed by atoms with Crippen molar-refractivity contribution < 1.29 is 13.2 Å². The molecule has 0 aliphatic carbocycles. The lowest BCUT2D eigenvalue weighted by Crippen LogP contribution is -2.29. The Balaban J connectivity index is 1.70. The second kappa shape index (κ2) is 7.81. The van der Waals surface area contributed by atoms with Gasteiger partial charge < -0.3 is 5.32 Å². The van der Waals surface area contributed by atoms with Crippen molar-refractivity contribution in [3.8, 4) is 0 Å². The molecule has 3 aromatic rings. The number of sulfonamides is 1. The number of rotatable bonds is 5. The third kappa shape index (κ3) is 4.18. The summed E-state index contributed by atoms with van der Waals surface area (Å²) in [6.07, 6.45) is 2.83. The lowest BCUT2D eigenvalue weighted by atomic mass is 9.98. The zero-order valence-corrected chi connectivity index (χ0v) is 18.7. The fourth-order valence-corrected chi connectivity index (χ4v) is 4.58. The number of nitrogens with one attached hydrogen (secondary N) is 1. The van der Waals surface area contributed by atoms with Crippen LogP contribution < -0.4 is 9.62 Å². The fourth-order valence-electron chi connectivity index (χ4n) is 3.64. The molecule has 0 spiro atoms. The summed E-state index contributed by atoms with van der Waals surface area (Å²) in [4.78, 5) is 17.3. The van der Waals surface area contributed by atoms with Crippen LogP contribution in [0, 0.1) is 6.92 Å². The first-order valence-corrected chi connectivity index (χ1v) is 11.9. The molecular weight excluding hydrogens is 414 g/mol. The van der Waals surface area contributed by atoms with Gasteiger partial charge in [0.25, 0.3) is 5.91 Å². The van der Waals surface area contributed by atoms with Gasteiger partial charge in [0, 0.05) is 23.8 Å². The number of amides is 1. The summed E-state index contributed by atoms with van der Waals surface area (Å²) in [5.41, 5.74) is 3.53. The third-order valence-corrected chi connectivity index (χ3v) is 6.51. The van der Waals surface area contributed by atoms with E-state index < -0.39 is 10.0 Å². The molecule has 0 bridgehead atoms. The number of fused-ring (bicyclic) bond motifs is 1. The number of aryl methyl sites for hydroxylation is 1. The van der Waals surface area contributed by atoms with Crippen LogP contribution in [-0.2, 0) is 10.0 Å². The molecule has 1 N–H and O–H groups in total. The van der Waals surface area contributed by atoms with Gasteiger partial charge in [-0.25, -0.2) is 13.4 Å². The largest absolute Gasteiger partial charge is 0.322 e. The number of anilines is 2. The Morgan fingerprint density at radius 2 is 1.87 bits per heavy atom. The molecule has 1 atom stereocenters. The first-order chi connectivity index (χ1) is 14.6. The van der Waals surface area contributed by atoms with Crippen molar-refractivity contribution in [2.45, 2.75) is 32.7 Å². The van der Waals surface area contributed by atoms with Gasteiger partial charge in [0.1, 0.15) is 6.33 Å². The Morgan fingerprint density at radius 1 is 1.16 bits per heavy atom. The molecule has 1 amide bonds. The van der Waals surface area contributed by atoms with E-state index in [0.29, 0.717) is 22.8 Å². The first-order valence-electron chi connectivity index (χ1n) is 10.0. The minimum Gasteiger partial charge on any atom is -0.322 e. The number of benzene rings is 2. The summed E-state index contributed by atoms with van der Waals surface area (Å²) < 4.78 is 27.8. The van der Waals surface area contributed by atoms with Gasteiger partial charge in [0.15, 0.2) is 5.82 Å². The number of carbonyl (C=O) groups excluding carboxylic acids is 1. The van der Waals surface area contributed by atoms with Crippen molar-refractivity contribution in [3.05, 3.63) is 71.3 Å². The molecule has 8 nitrogen and oxygen atoms in total. The number of carbonyl (C=O) groups is 1. The summed E-state index contributed by atoms with van der Waals surface area (Å²) in [6, 6.07) is 12.7. The van der Waals surface area contributed by atoms with E-state index in [1.54, 1.807) is 29.2 Å². The summed E-state index contributed by atoms with van der Waals surface area (Å²) in [5.74, 6) is -0.0714. The highest BCUT2D eigenvalue weighted by Crippen LogP contribution is 2.41. The molecule has 162 valence electrons.